The van der Waals surface area contributed by atoms with Gasteiger partial charge in [-0.1, -0.05) is 26.0 Å². The molecule has 0 saturated carbocycles. The number of aryl methyl sites for hydroxylation is 2. The van der Waals surface area contributed by atoms with Crippen LogP contribution in [0.25, 0.3) is 0 Å². The monoisotopic (exact) mass is 262 g/mol. The summed E-state index contributed by atoms with van der Waals surface area (Å²) >= 11 is 0. The number of carbonyl (C=O) groups excluding carboxylic acids is 2. The Balaban J connectivity index is 2.65. The van der Waals surface area contributed by atoms with E-state index in [2.05, 4.69) is 5.32 Å². The van der Waals surface area contributed by atoms with Crippen LogP contribution in [0.3, 0.4) is 0 Å². The fourth-order valence-electron chi connectivity index (χ4n) is 1.79. The van der Waals surface area contributed by atoms with Gasteiger partial charge in [-0.2, -0.15) is 0 Å². The predicted octanol–water partition coefficient (Wildman–Crippen LogP) is 2.36. The van der Waals surface area contributed by atoms with E-state index in [0.717, 1.165) is 16.8 Å². The van der Waals surface area contributed by atoms with Gasteiger partial charge < -0.3 is 10.2 Å². The summed E-state index contributed by atoms with van der Waals surface area (Å²) in [6.07, 6.45) is 0. The quantitative estimate of drug-likeness (QED) is 0.905. The van der Waals surface area contributed by atoms with E-state index < -0.39 is 0 Å². The fourth-order valence-corrected chi connectivity index (χ4v) is 1.79. The molecule has 0 aliphatic rings. The minimum Gasteiger partial charge on any atom is -0.336 e. The van der Waals surface area contributed by atoms with Crippen molar-refractivity contribution in [2.24, 2.45) is 5.92 Å². The first-order valence-corrected chi connectivity index (χ1v) is 6.43. The lowest BCUT2D eigenvalue weighted by molar-refractivity contribution is -0.136. The molecule has 0 heterocycles. The second kappa shape index (κ2) is 6.36. The Bertz CT molecular complexity index is 481. The Morgan fingerprint density at radius 2 is 1.89 bits per heavy atom. The average molecular weight is 262 g/mol. The summed E-state index contributed by atoms with van der Waals surface area (Å²) < 4.78 is 0. The maximum atomic E-state index is 11.9. The van der Waals surface area contributed by atoms with E-state index >= 15 is 0 Å². The Morgan fingerprint density at radius 3 is 2.47 bits per heavy atom. The summed E-state index contributed by atoms with van der Waals surface area (Å²) in [6.45, 7) is 7.63. The van der Waals surface area contributed by atoms with Crippen molar-refractivity contribution in [1.29, 1.82) is 0 Å². The smallest absolute Gasteiger partial charge is 0.243 e. The topological polar surface area (TPSA) is 49.4 Å². The highest BCUT2D eigenvalue weighted by molar-refractivity contribution is 5.95. The van der Waals surface area contributed by atoms with Crippen molar-refractivity contribution in [3.05, 3.63) is 29.3 Å². The van der Waals surface area contributed by atoms with Gasteiger partial charge in [-0.25, -0.2) is 0 Å². The molecule has 0 aliphatic heterocycles. The van der Waals surface area contributed by atoms with Gasteiger partial charge in [0, 0.05) is 18.7 Å². The summed E-state index contributed by atoms with van der Waals surface area (Å²) in [4.78, 5) is 25.1. The molecule has 4 heteroatoms. The van der Waals surface area contributed by atoms with Crippen LogP contribution in [0.2, 0.25) is 0 Å². The SMILES string of the molecule is Cc1ccc(C)c(NC(=O)CN(C)C(=O)C(C)C)c1. The second-order valence-corrected chi connectivity index (χ2v) is 5.22. The number of amides is 2. The number of anilines is 1. The third kappa shape index (κ3) is 4.39. The molecule has 0 fully saturated rings. The number of benzene rings is 1. The first kappa shape index (κ1) is 15.2. The highest BCUT2D eigenvalue weighted by Crippen LogP contribution is 2.16. The van der Waals surface area contributed by atoms with Crippen LogP contribution in [0.5, 0.6) is 0 Å². The summed E-state index contributed by atoms with van der Waals surface area (Å²) in [6, 6.07) is 5.89. The fraction of sp³-hybridized carbons (Fsp3) is 0.467. The van der Waals surface area contributed by atoms with Crippen LogP contribution in [0.15, 0.2) is 18.2 Å². The van der Waals surface area contributed by atoms with E-state index in [-0.39, 0.29) is 24.3 Å². The molecule has 4 nitrogen and oxygen atoms in total. The minimum absolute atomic E-state index is 0.0314. The van der Waals surface area contributed by atoms with Crippen LogP contribution in [0, 0.1) is 19.8 Å². The predicted molar refractivity (Wildman–Crippen MR) is 77.0 cm³/mol. The molecule has 0 spiro atoms. The second-order valence-electron chi connectivity index (χ2n) is 5.22. The standard InChI is InChI=1S/C15H22N2O2/c1-10(2)15(19)17(5)9-14(18)16-13-8-11(3)6-7-12(13)4/h6-8,10H,9H2,1-5H3,(H,16,18). The van der Waals surface area contributed by atoms with Crippen molar-refractivity contribution < 1.29 is 9.59 Å². The molecular formula is C15H22N2O2. The van der Waals surface area contributed by atoms with Crippen molar-refractivity contribution in [2.75, 3.05) is 18.9 Å². The molecule has 19 heavy (non-hydrogen) atoms. The van der Waals surface area contributed by atoms with Crippen molar-refractivity contribution in [3.8, 4) is 0 Å². The van der Waals surface area contributed by atoms with E-state index in [4.69, 9.17) is 0 Å². The molecule has 0 bridgehead atoms. The van der Waals surface area contributed by atoms with Crippen molar-refractivity contribution >= 4 is 17.5 Å². The third-order valence-corrected chi connectivity index (χ3v) is 2.92. The van der Waals surface area contributed by atoms with Crippen LogP contribution in [-0.4, -0.2) is 30.3 Å². The van der Waals surface area contributed by atoms with Crippen molar-refractivity contribution in [1.82, 2.24) is 4.90 Å². The molecule has 104 valence electrons. The van der Waals surface area contributed by atoms with Gasteiger partial charge >= 0.3 is 0 Å². The number of nitrogens with zero attached hydrogens (tertiary/aromatic N) is 1. The molecule has 0 radical (unpaired) electrons. The van der Waals surface area contributed by atoms with Gasteiger partial charge in [-0.05, 0) is 31.0 Å². The van der Waals surface area contributed by atoms with Crippen molar-refractivity contribution in [2.45, 2.75) is 27.7 Å². The molecule has 0 aromatic heterocycles. The van der Waals surface area contributed by atoms with Crippen molar-refractivity contribution in [3.63, 3.8) is 0 Å². The van der Waals surface area contributed by atoms with Gasteiger partial charge in [0.05, 0.1) is 6.54 Å². The van der Waals surface area contributed by atoms with Crippen LogP contribution < -0.4 is 5.32 Å². The van der Waals surface area contributed by atoms with Gasteiger partial charge in [-0.15, -0.1) is 0 Å². The first-order valence-electron chi connectivity index (χ1n) is 6.43. The number of rotatable bonds is 4. The summed E-state index contributed by atoms with van der Waals surface area (Å²) in [5, 5.41) is 2.84. The van der Waals surface area contributed by atoms with Gasteiger partial charge in [-0.3, -0.25) is 9.59 Å². The first-order chi connectivity index (χ1) is 8.81. The molecule has 1 aromatic rings. The molecular weight excluding hydrogens is 240 g/mol. The summed E-state index contributed by atoms with van der Waals surface area (Å²) in [5.41, 5.74) is 2.90. The largest absolute Gasteiger partial charge is 0.336 e. The molecule has 0 saturated heterocycles. The highest BCUT2D eigenvalue weighted by Gasteiger charge is 2.16. The molecule has 0 atom stereocenters. The lowest BCUT2D eigenvalue weighted by Crippen LogP contribution is -2.37. The van der Waals surface area contributed by atoms with Gasteiger partial charge in [0.15, 0.2) is 0 Å². The molecule has 2 amide bonds. The zero-order valence-corrected chi connectivity index (χ0v) is 12.3. The number of hydrogen-bond donors (Lipinski definition) is 1. The Hall–Kier alpha value is -1.84. The zero-order valence-electron chi connectivity index (χ0n) is 12.3. The molecule has 0 unspecified atom stereocenters. The molecule has 0 aliphatic carbocycles. The summed E-state index contributed by atoms with van der Waals surface area (Å²) in [7, 11) is 1.64. The lowest BCUT2D eigenvalue weighted by Gasteiger charge is -2.19. The van der Waals surface area contributed by atoms with Gasteiger partial charge in [0.2, 0.25) is 11.8 Å². The van der Waals surface area contributed by atoms with Crippen LogP contribution in [0.4, 0.5) is 5.69 Å². The van der Waals surface area contributed by atoms with Crippen LogP contribution >= 0.6 is 0 Å². The Morgan fingerprint density at radius 1 is 1.26 bits per heavy atom. The average Bonchev–Trinajstić information content (AvgIpc) is 2.32. The minimum atomic E-state index is -0.176. The zero-order chi connectivity index (χ0) is 14.6. The van der Waals surface area contributed by atoms with Crippen LogP contribution in [0.1, 0.15) is 25.0 Å². The maximum Gasteiger partial charge on any atom is 0.243 e. The van der Waals surface area contributed by atoms with E-state index in [9.17, 15) is 9.59 Å². The number of likely N-dealkylation sites (N-methyl/N-ethyl adjacent to an activating group) is 1. The van der Waals surface area contributed by atoms with Gasteiger partial charge in [0.1, 0.15) is 0 Å². The number of carbonyl (C=O) groups is 2. The third-order valence-electron chi connectivity index (χ3n) is 2.92. The normalized spacial score (nSPS) is 10.4. The molecule has 1 aromatic carbocycles. The van der Waals surface area contributed by atoms with E-state index in [1.807, 2.05) is 45.9 Å². The molecule has 1 rings (SSSR count). The van der Waals surface area contributed by atoms with E-state index in [1.54, 1.807) is 7.05 Å². The Labute approximate surface area is 114 Å². The number of nitrogens with one attached hydrogen (secondary N) is 1. The van der Waals surface area contributed by atoms with Crippen LogP contribution in [-0.2, 0) is 9.59 Å². The maximum absolute atomic E-state index is 11.9. The number of hydrogen-bond acceptors (Lipinski definition) is 2. The van der Waals surface area contributed by atoms with Gasteiger partial charge in [0.25, 0.3) is 0 Å². The van der Waals surface area contributed by atoms with E-state index in [1.165, 1.54) is 4.90 Å². The Kier molecular flexibility index (Phi) is 5.10. The molecule has 1 N–H and O–H groups in total. The van der Waals surface area contributed by atoms with E-state index in [0.29, 0.717) is 0 Å². The summed E-state index contributed by atoms with van der Waals surface area (Å²) in [5.74, 6) is -0.306. The highest BCUT2D eigenvalue weighted by atomic mass is 16.2. The lowest BCUT2D eigenvalue weighted by atomic mass is 10.1.